The zero-order valence-electron chi connectivity index (χ0n) is 10.2. The number of anilines is 1. The fourth-order valence-corrected chi connectivity index (χ4v) is 2.13. The van der Waals surface area contributed by atoms with Gasteiger partial charge in [-0.1, -0.05) is 12.1 Å². The fourth-order valence-electron chi connectivity index (χ4n) is 2.13. The van der Waals surface area contributed by atoms with Crippen LogP contribution in [0.25, 0.3) is 16.9 Å². The van der Waals surface area contributed by atoms with Crippen molar-refractivity contribution in [3.05, 3.63) is 53.7 Å². The lowest BCUT2D eigenvalue weighted by Gasteiger charge is -2.02. The molecule has 0 atom stereocenters. The monoisotopic (exact) mass is 259 g/mol. The molecule has 19 heavy (non-hydrogen) atoms. The van der Waals surface area contributed by atoms with Gasteiger partial charge in [0.05, 0.1) is 5.56 Å². The quantitative estimate of drug-likeness (QED) is 0.729. The largest absolute Gasteiger partial charge is 0.383 e. The van der Waals surface area contributed by atoms with Crippen molar-refractivity contribution in [2.24, 2.45) is 0 Å². The summed E-state index contributed by atoms with van der Waals surface area (Å²) in [5, 5.41) is 0. The van der Waals surface area contributed by atoms with E-state index < -0.39 is 11.6 Å². The first-order valence-electron chi connectivity index (χ1n) is 5.77. The number of hydrogen-bond acceptors (Lipinski definition) is 2. The highest BCUT2D eigenvalue weighted by Crippen LogP contribution is 2.31. The van der Waals surface area contributed by atoms with Gasteiger partial charge in [-0.05, 0) is 30.7 Å². The zero-order chi connectivity index (χ0) is 13.6. The summed E-state index contributed by atoms with van der Waals surface area (Å²) in [6, 6.07) is 7.36. The van der Waals surface area contributed by atoms with Gasteiger partial charge in [0.2, 0.25) is 0 Å². The first-order valence-corrected chi connectivity index (χ1v) is 5.77. The van der Waals surface area contributed by atoms with Crippen molar-refractivity contribution < 1.29 is 8.78 Å². The third-order valence-electron chi connectivity index (χ3n) is 3.08. The maximum atomic E-state index is 13.8. The number of nitrogens with two attached hydrogens (primary N) is 1. The van der Waals surface area contributed by atoms with E-state index in [1.54, 1.807) is 10.6 Å². The van der Waals surface area contributed by atoms with Gasteiger partial charge in [0.25, 0.3) is 0 Å². The Morgan fingerprint density at radius 2 is 1.79 bits per heavy atom. The fraction of sp³-hybridized carbons (Fsp3) is 0.0714. The molecule has 2 aromatic heterocycles. The predicted octanol–water partition coefficient (Wildman–Crippen LogP) is 3.17. The van der Waals surface area contributed by atoms with Crippen molar-refractivity contribution in [2.75, 3.05) is 5.73 Å². The second-order valence-electron chi connectivity index (χ2n) is 4.33. The average molecular weight is 259 g/mol. The highest BCUT2D eigenvalue weighted by Gasteiger charge is 2.19. The van der Waals surface area contributed by atoms with Crippen LogP contribution < -0.4 is 5.73 Å². The van der Waals surface area contributed by atoms with E-state index in [9.17, 15) is 8.78 Å². The Morgan fingerprint density at radius 3 is 2.42 bits per heavy atom. The smallest absolute Gasteiger partial charge is 0.142 e. The van der Waals surface area contributed by atoms with Crippen LogP contribution in [0.15, 0.2) is 36.5 Å². The summed E-state index contributed by atoms with van der Waals surface area (Å²) in [6.07, 6.45) is 1.72. The van der Waals surface area contributed by atoms with Crippen molar-refractivity contribution in [2.45, 2.75) is 6.92 Å². The van der Waals surface area contributed by atoms with Gasteiger partial charge in [-0.2, -0.15) is 0 Å². The molecule has 0 radical (unpaired) electrons. The van der Waals surface area contributed by atoms with Gasteiger partial charge in [-0.3, -0.25) is 4.40 Å². The minimum Gasteiger partial charge on any atom is -0.383 e. The molecule has 0 aliphatic heterocycles. The summed E-state index contributed by atoms with van der Waals surface area (Å²) in [5.74, 6) is -1.12. The second kappa shape index (κ2) is 4.05. The summed E-state index contributed by atoms with van der Waals surface area (Å²) in [6.45, 7) is 1.86. The van der Waals surface area contributed by atoms with E-state index in [2.05, 4.69) is 4.98 Å². The Labute approximate surface area is 108 Å². The summed E-state index contributed by atoms with van der Waals surface area (Å²) in [7, 11) is 0. The number of aromatic nitrogens is 2. The number of aryl methyl sites for hydroxylation is 1. The van der Waals surface area contributed by atoms with Crippen LogP contribution in [-0.2, 0) is 0 Å². The van der Waals surface area contributed by atoms with Crippen molar-refractivity contribution in [3.63, 3.8) is 0 Å². The first kappa shape index (κ1) is 11.6. The number of pyridine rings is 1. The molecule has 1 aromatic carbocycles. The van der Waals surface area contributed by atoms with E-state index >= 15 is 0 Å². The van der Waals surface area contributed by atoms with E-state index in [0.29, 0.717) is 5.65 Å². The Balaban J connectivity index is 2.38. The molecule has 96 valence electrons. The number of fused-ring (bicyclic) bond motifs is 1. The average Bonchev–Trinajstić information content (AvgIpc) is 2.69. The molecule has 5 heteroatoms. The first-order chi connectivity index (χ1) is 9.09. The maximum absolute atomic E-state index is 13.8. The number of halogens is 2. The van der Waals surface area contributed by atoms with E-state index in [1.807, 2.05) is 19.1 Å². The van der Waals surface area contributed by atoms with Crippen molar-refractivity contribution in [1.82, 2.24) is 9.38 Å². The molecule has 0 fully saturated rings. The SMILES string of the molecule is Cc1cccn2c(N)c(-c3c(F)cccc3F)nc12. The second-order valence-corrected chi connectivity index (χ2v) is 4.33. The van der Waals surface area contributed by atoms with Gasteiger partial charge in [0.1, 0.15) is 28.8 Å². The molecule has 0 aliphatic carbocycles. The standard InChI is InChI=1S/C14H11F2N3/c1-8-4-3-7-19-13(17)12(18-14(8)19)11-9(15)5-2-6-10(11)16/h2-7H,17H2,1H3. The molecular weight excluding hydrogens is 248 g/mol. The lowest BCUT2D eigenvalue weighted by molar-refractivity contribution is 0.589. The van der Waals surface area contributed by atoms with Crippen LogP contribution >= 0.6 is 0 Å². The maximum Gasteiger partial charge on any atom is 0.142 e. The number of nitrogens with zero attached hydrogens (tertiary/aromatic N) is 2. The molecule has 3 nitrogen and oxygen atoms in total. The van der Waals surface area contributed by atoms with Gasteiger partial charge < -0.3 is 5.73 Å². The highest BCUT2D eigenvalue weighted by atomic mass is 19.1. The minimum absolute atomic E-state index is 0.130. The Hall–Kier alpha value is -2.43. The number of nitrogen functional groups attached to an aromatic ring is 1. The van der Waals surface area contributed by atoms with Gasteiger partial charge >= 0.3 is 0 Å². The lowest BCUT2D eigenvalue weighted by Crippen LogP contribution is -1.96. The molecule has 2 heterocycles. The van der Waals surface area contributed by atoms with Crippen LogP contribution in [-0.4, -0.2) is 9.38 Å². The Kier molecular flexibility index (Phi) is 2.48. The molecule has 0 aliphatic rings. The van der Waals surface area contributed by atoms with Crippen molar-refractivity contribution >= 4 is 11.5 Å². The highest BCUT2D eigenvalue weighted by molar-refractivity contribution is 5.76. The zero-order valence-corrected chi connectivity index (χ0v) is 10.2. The molecule has 0 amide bonds. The number of benzene rings is 1. The van der Waals surface area contributed by atoms with Crippen molar-refractivity contribution in [3.8, 4) is 11.3 Å². The van der Waals surface area contributed by atoms with Crippen LogP contribution in [0.2, 0.25) is 0 Å². The molecule has 0 spiro atoms. The Bertz CT molecular complexity index is 757. The topological polar surface area (TPSA) is 43.3 Å². The van der Waals surface area contributed by atoms with Crippen LogP contribution in [0.4, 0.5) is 14.6 Å². The molecule has 0 unspecified atom stereocenters. The molecule has 3 aromatic rings. The normalized spacial score (nSPS) is 11.1. The number of rotatable bonds is 1. The molecule has 2 N–H and O–H groups in total. The van der Waals surface area contributed by atoms with E-state index in [0.717, 1.165) is 5.56 Å². The molecular formula is C14H11F2N3. The minimum atomic E-state index is -0.673. The van der Waals surface area contributed by atoms with Crippen molar-refractivity contribution in [1.29, 1.82) is 0 Å². The van der Waals surface area contributed by atoms with Crippen LogP contribution in [0, 0.1) is 18.6 Å². The third-order valence-corrected chi connectivity index (χ3v) is 3.08. The Morgan fingerprint density at radius 1 is 1.11 bits per heavy atom. The van der Waals surface area contributed by atoms with E-state index in [-0.39, 0.29) is 17.1 Å². The van der Waals surface area contributed by atoms with Gasteiger partial charge in [-0.25, -0.2) is 13.8 Å². The summed E-state index contributed by atoms with van der Waals surface area (Å²) >= 11 is 0. The lowest BCUT2D eigenvalue weighted by atomic mass is 10.1. The van der Waals surface area contributed by atoms with Gasteiger partial charge in [0, 0.05) is 6.20 Å². The van der Waals surface area contributed by atoms with Crippen LogP contribution in [0.1, 0.15) is 5.56 Å². The number of hydrogen-bond donors (Lipinski definition) is 1. The van der Waals surface area contributed by atoms with Crippen LogP contribution in [0.3, 0.4) is 0 Å². The third kappa shape index (κ3) is 1.66. The summed E-state index contributed by atoms with van der Waals surface area (Å²) < 4.78 is 29.2. The summed E-state index contributed by atoms with van der Waals surface area (Å²) in [4.78, 5) is 4.26. The molecule has 0 saturated heterocycles. The molecule has 0 saturated carbocycles. The number of imidazole rings is 1. The van der Waals surface area contributed by atoms with E-state index in [1.165, 1.54) is 18.2 Å². The van der Waals surface area contributed by atoms with Gasteiger partial charge in [-0.15, -0.1) is 0 Å². The van der Waals surface area contributed by atoms with Gasteiger partial charge in [0.15, 0.2) is 0 Å². The predicted molar refractivity (Wildman–Crippen MR) is 69.7 cm³/mol. The summed E-state index contributed by atoms with van der Waals surface area (Å²) in [5.41, 5.74) is 7.36. The van der Waals surface area contributed by atoms with E-state index in [4.69, 9.17) is 5.73 Å². The molecule has 3 rings (SSSR count). The van der Waals surface area contributed by atoms with Crippen LogP contribution in [0.5, 0.6) is 0 Å². The molecule has 0 bridgehead atoms.